The van der Waals surface area contributed by atoms with Gasteiger partial charge >= 0.3 is 5.97 Å². The van der Waals surface area contributed by atoms with Crippen molar-refractivity contribution in [1.82, 2.24) is 0 Å². The number of hydrogen-bond donors (Lipinski definition) is 3. The largest absolute Gasteiger partial charge is 0.480 e. The molecule has 1 aromatic carbocycles. The predicted octanol–water partition coefficient (Wildman–Crippen LogP) is 3.16. The van der Waals surface area contributed by atoms with Crippen LogP contribution in [-0.2, 0) is 27.2 Å². The number of carbonyl (C=O) groups excluding carboxylic acids is 2. The Kier molecular flexibility index (Phi) is 6.43. The molecule has 0 saturated carbocycles. The summed E-state index contributed by atoms with van der Waals surface area (Å²) in [6.07, 6.45) is 2.65. The molecule has 7 nitrogen and oxygen atoms in total. The number of hydrogen-bond acceptors (Lipinski definition) is 5. The molecule has 3 N–H and O–H groups in total. The number of benzene rings is 1. The maximum Gasteiger partial charge on any atom is 0.329 e. The molecule has 0 spiro atoms. The van der Waals surface area contributed by atoms with Gasteiger partial charge in [-0.3, -0.25) is 9.59 Å². The number of carboxylic acid groups (broad SMARTS) is 1. The van der Waals surface area contributed by atoms with Crippen LogP contribution in [0, 0.1) is 5.92 Å². The van der Waals surface area contributed by atoms with Gasteiger partial charge in [0.05, 0.1) is 5.56 Å². The zero-order valence-electron chi connectivity index (χ0n) is 15.5. The molecule has 28 heavy (non-hydrogen) atoms. The molecule has 1 heterocycles. The number of carboxylic acids is 1. The fourth-order valence-electron chi connectivity index (χ4n) is 3.19. The lowest BCUT2D eigenvalue weighted by Gasteiger charge is -2.18. The first-order valence-corrected chi connectivity index (χ1v) is 9.86. The van der Waals surface area contributed by atoms with Crippen molar-refractivity contribution in [3.05, 3.63) is 46.3 Å². The number of thiophene rings is 1. The molecule has 0 unspecified atom stereocenters. The van der Waals surface area contributed by atoms with Crippen molar-refractivity contribution in [3.63, 3.8) is 0 Å². The molecule has 8 heteroatoms. The van der Waals surface area contributed by atoms with E-state index in [4.69, 9.17) is 9.84 Å². The van der Waals surface area contributed by atoms with E-state index in [1.165, 1.54) is 11.3 Å². The number of ether oxygens (including phenoxy) is 1. The number of fused-ring (bicyclic) bond motifs is 1. The third-order valence-corrected chi connectivity index (χ3v) is 5.65. The average Bonchev–Trinajstić information content (AvgIpc) is 2.98. The van der Waals surface area contributed by atoms with Crippen LogP contribution in [0.2, 0.25) is 0 Å². The van der Waals surface area contributed by atoms with Crippen LogP contribution in [0.25, 0.3) is 0 Å². The van der Waals surface area contributed by atoms with E-state index in [0.717, 1.165) is 29.7 Å². The fraction of sp³-hybridized carbons (Fsp3) is 0.350. The molecular weight excluding hydrogens is 380 g/mol. The van der Waals surface area contributed by atoms with E-state index in [1.54, 1.807) is 12.1 Å². The smallest absolute Gasteiger partial charge is 0.329 e. The van der Waals surface area contributed by atoms with E-state index in [0.29, 0.717) is 22.2 Å². The molecule has 1 aliphatic rings. The molecule has 0 saturated heterocycles. The molecule has 1 aromatic heterocycles. The summed E-state index contributed by atoms with van der Waals surface area (Å²) in [7, 11) is 0. The Balaban J connectivity index is 1.81. The lowest BCUT2D eigenvalue weighted by molar-refractivity contribution is -0.143. The summed E-state index contributed by atoms with van der Waals surface area (Å²) in [5, 5.41) is 14.7. The van der Waals surface area contributed by atoms with Crippen molar-refractivity contribution in [2.24, 2.45) is 5.92 Å². The minimum Gasteiger partial charge on any atom is -0.480 e. The number of rotatable bonds is 7. The van der Waals surface area contributed by atoms with Crippen molar-refractivity contribution < 1.29 is 24.2 Å². The summed E-state index contributed by atoms with van der Waals surface area (Å²) in [5.41, 5.74) is 2.15. The number of nitrogens with one attached hydrogen (secondary N) is 2. The minimum atomic E-state index is -1.14. The Morgan fingerprint density at radius 2 is 1.93 bits per heavy atom. The van der Waals surface area contributed by atoms with Gasteiger partial charge in [0, 0.05) is 10.6 Å². The Labute approximate surface area is 166 Å². The number of para-hydroxylation sites is 1. The van der Waals surface area contributed by atoms with Gasteiger partial charge in [0.15, 0.2) is 0 Å². The molecule has 148 valence electrons. The van der Waals surface area contributed by atoms with E-state index >= 15 is 0 Å². The summed E-state index contributed by atoms with van der Waals surface area (Å²) in [6.45, 7) is 1.24. The highest BCUT2D eigenvalue weighted by atomic mass is 32.1. The average molecular weight is 402 g/mol. The van der Waals surface area contributed by atoms with Crippen LogP contribution < -0.4 is 10.6 Å². The van der Waals surface area contributed by atoms with Crippen LogP contribution in [0.4, 0.5) is 10.7 Å². The van der Waals surface area contributed by atoms with Gasteiger partial charge < -0.3 is 20.5 Å². The summed E-state index contributed by atoms with van der Waals surface area (Å²) in [6, 6.07) is 9.14. The van der Waals surface area contributed by atoms with Gasteiger partial charge in [-0.2, -0.15) is 0 Å². The number of amides is 2. The SMILES string of the molecule is C[C@H]1CCc2c(sc(NC(=O)COCC(=O)O)c2C(=O)Nc2ccccc2)C1. The summed E-state index contributed by atoms with van der Waals surface area (Å²) < 4.78 is 4.84. The van der Waals surface area contributed by atoms with E-state index in [1.807, 2.05) is 18.2 Å². The normalized spacial score (nSPS) is 15.5. The maximum atomic E-state index is 13.0. The molecule has 1 atom stereocenters. The van der Waals surface area contributed by atoms with Gasteiger partial charge in [-0.05, 0) is 42.9 Å². The Morgan fingerprint density at radius 1 is 1.18 bits per heavy atom. The molecule has 0 fully saturated rings. The maximum absolute atomic E-state index is 13.0. The van der Waals surface area contributed by atoms with Crippen molar-refractivity contribution in [1.29, 1.82) is 0 Å². The predicted molar refractivity (Wildman–Crippen MR) is 107 cm³/mol. The van der Waals surface area contributed by atoms with Gasteiger partial charge in [-0.15, -0.1) is 11.3 Å². The first-order valence-electron chi connectivity index (χ1n) is 9.04. The quantitative estimate of drug-likeness (QED) is 0.660. The van der Waals surface area contributed by atoms with Crippen LogP contribution in [0.1, 0.15) is 34.1 Å². The van der Waals surface area contributed by atoms with Crippen LogP contribution in [0.3, 0.4) is 0 Å². The van der Waals surface area contributed by atoms with Gasteiger partial charge in [-0.25, -0.2) is 4.79 Å². The second-order valence-corrected chi connectivity index (χ2v) is 7.92. The van der Waals surface area contributed by atoms with Crippen molar-refractivity contribution >= 4 is 39.8 Å². The van der Waals surface area contributed by atoms with E-state index < -0.39 is 18.5 Å². The highest BCUT2D eigenvalue weighted by Gasteiger charge is 2.28. The second-order valence-electron chi connectivity index (χ2n) is 6.81. The fourth-order valence-corrected chi connectivity index (χ4v) is 4.61. The van der Waals surface area contributed by atoms with Crippen LogP contribution in [-0.4, -0.2) is 36.1 Å². The second kappa shape index (κ2) is 8.99. The minimum absolute atomic E-state index is 0.264. The van der Waals surface area contributed by atoms with Crippen LogP contribution in [0.15, 0.2) is 30.3 Å². The first-order chi connectivity index (χ1) is 13.4. The summed E-state index contributed by atoms with van der Waals surface area (Å²) in [4.78, 5) is 36.7. The monoisotopic (exact) mass is 402 g/mol. The Morgan fingerprint density at radius 3 is 2.64 bits per heavy atom. The zero-order valence-corrected chi connectivity index (χ0v) is 16.3. The van der Waals surface area contributed by atoms with Crippen LogP contribution in [0.5, 0.6) is 0 Å². The van der Waals surface area contributed by atoms with Gasteiger partial charge in [-0.1, -0.05) is 25.1 Å². The van der Waals surface area contributed by atoms with E-state index in [9.17, 15) is 14.4 Å². The number of carbonyl (C=O) groups is 3. The van der Waals surface area contributed by atoms with Crippen molar-refractivity contribution in [2.75, 3.05) is 23.8 Å². The first kappa shape index (κ1) is 20.0. The molecular formula is C20H22N2O5S. The number of anilines is 2. The lowest BCUT2D eigenvalue weighted by atomic mass is 9.88. The summed E-state index contributed by atoms with van der Waals surface area (Å²) >= 11 is 1.41. The standard InChI is InChI=1S/C20H22N2O5S/c1-12-7-8-14-15(9-12)28-20(22-16(23)10-27-11-17(24)25)18(14)19(26)21-13-5-3-2-4-6-13/h2-6,12H,7-11H2,1H3,(H,21,26)(H,22,23)(H,24,25)/t12-/m0/s1. The molecule has 0 aliphatic heterocycles. The lowest BCUT2D eigenvalue weighted by Crippen LogP contribution is -2.22. The molecule has 2 aromatic rings. The molecule has 1 aliphatic carbocycles. The third-order valence-electron chi connectivity index (χ3n) is 4.48. The van der Waals surface area contributed by atoms with Gasteiger partial charge in [0.1, 0.15) is 18.2 Å². The third kappa shape index (κ3) is 4.96. The van der Waals surface area contributed by atoms with E-state index in [2.05, 4.69) is 17.6 Å². The van der Waals surface area contributed by atoms with Gasteiger partial charge in [0.25, 0.3) is 11.8 Å². The highest BCUT2D eigenvalue weighted by molar-refractivity contribution is 7.17. The van der Waals surface area contributed by atoms with Gasteiger partial charge in [0.2, 0.25) is 0 Å². The molecule has 2 amide bonds. The topological polar surface area (TPSA) is 105 Å². The van der Waals surface area contributed by atoms with Crippen LogP contribution >= 0.6 is 11.3 Å². The molecule has 3 rings (SSSR count). The Hall–Kier alpha value is -2.71. The van der Waals surface area contributed by atoms with Crippen molar-refractivity contribution in [2.45, 2.75) is 26.2 Å². The number of aliphatic carboxylic acids is 1. The molecule has 0 bridgehead atoms. The van der Waals surface area contributed by atoms with E-state index in [-0.39, 0.29) is 12.5 Å². The summed E-state index contributed by atoms with van der Waals surface area (Å²) in [5.74, 6) is -1.36. The van der Waals surface area contributed by atoms with Crippen molar-refractivity contribution in [3.8, 4) is 0 Å². The molecule has 0 radical (unpaired) electrons. The zero-order chi connectivity index (χ0) is 20.1. The Bertz CT molecular complexity index is 878. The highest BCUT2D eigenvalue weighted by Crippen LogP contribution is 2.40.